The van der Waals surface area contributed by atoms with Gasteiger partial charge in [0, 0.05) is 0 Å². The maximum absolute atomic E-state index is 13.2. The Morgan fingerprint density at radius 2 is 1.71 bits per heavy atom. The minimum absolute atomic E-state index is 0.178. The van der Waals surface area contributed by atoms with E-state index in [0.29, 0.717) is 28.3 Å². The molecule has 3 rings (SSSR count). The van der Waals surface area contributed by atoms with Crippen molar-refractivity contribution in [3.05, 3.63) is 90.0 Å². The van der Waals surface area contributed by atoms with Crippen molar-refractivity contribution in [2.75, 3.05) is 17.5 Å². The molecule has 1 amide bonds. The van der Waals surface area contributed by atoms with Gasteiger partial charge in [-0.2, -0.15) is 18.3 Å². The van der Waals surface area contributed by atoms with Crippen LogP contribution in [0, 0.1) is 0 Å². The highest BCUT2D eigenvalue weighted by molar-refractivity contribution is 7.92. The van der Waals surface area contributed by atoms with Crippen LogP contribution in [0.5, 0.6) is 5.75 Å². The van der Waals surface area contributed by atoms with Gasteiger partial charge in [0.05, 0.1) is 29.0 Å². The standard InChI is InChI=1S/C24H22F3N3O4S/c1-2-34-21-13-11-18(12-14-21)16-28-29-23(31)17-30(35(32,33)22-9-4-3-5-10-22)20-8-6-7-19(15-20)24(25,26)27/h3-16H,2,17H2,1H3,(H,29,31)/b28-16-. The van der Waals surface area contributed by atoms with Crippen LogP contribution in [0.3, 0.4) is 0 Å². The zero-order chi connectivity index (χ0) is 25.5. The zero-order valence-corrected chi connectivity index (χ0v) is 19.4. The highest BCUT2D eigenvalue weighted by Gasteiger charge is 2.33. The molecule has 0 saturated heterocycles. The molecule has 35 heavy (non-hydrogen) atoms. The first kappa shape index (κ1) is 25.8. The first-order valence-corrected chi connectivity index (χ1v) is 11.8. The van der Waals surface area contributed by atoms with Gasteiger partial charge in [0.15, 0.2) is 0 Å². The zero-order valence-electron chi connectivity index (χ0n) is 18.6. The van der Waals surface area contributed by atoms with E-state index in [1.807, 2.05) is 6.92 Å². The lowest BCUT2D eigenvalue weighted by Crippen LogP contribution is -2.39. The number of hydrazone groups is 1. The van der Waals surface area contributed by atoms with Gasteiger partial charge < -0.3 is 4.74 Å². The Morgan fingerprint density at radius 3 is 2.34 bits per heavy atom. The van der Waals surface area contributed by atoms with Crippen LogP contribution >= 0.6 is 0 Å². The van der Waals surface area contributed by atoms with E-state index in [9.17, 15) is 26.4 Å². The first-order chi connectivity index (χ1) is 16.6. The maximum atomic E-state index is 13.2. The minimum atomic E-state index is -4.69. The number of hydrogen-bond acceptors (Lipinski definition) is 5. The number of nitrogens with zero attached hydrogens (tertiary/aromatic N) is 2. The van der Waals surface area contributed by atoms with E-state index >= 15 is 0 Å². The summed E-state index contributed by atoms with van der Waals surface area (Å²) in [5, 5.41) is 3.81. The normalized spacial score (nSPS) is 11.9. The number of alkyl halides is 3. The van der Waals surface area contributed by atoms with Gasteiger partial charge in [-0.1, -0.05) is 24.3 Å². The third-order valence-corrected chi connectivity index (χ3v) is 6.46. The molecule has 0 aliphatic heterocycles. The van der Waals surface area contributed by atoms with E-state index in [1.165, 1.54) is 36.5 Å². The van der Waals surface area contributed by atoms with Gasteiger partial charge >= 0.3 is 6.18 Å². The third kappa shape index (κ3) is 6.82. The lowest BCUT2D eigenvalue weighted by Gasteiger charge is -2.24. The summed E-state index contributed by atoms with van der Waals surface area (Å²) in [5.74, 6) is -0.180. The van der Waals surface area contributed by atoms with Gasteiger partial charge in [-0.25, -0.2) is 13.8 Å². The molecule has 184 valence electrons. The van der Waals surface area contributed by atoms with Crippen LogP contribution in [-0.2, 0) is 21.0 Å². The molecule has 0 spiro atoms. The van der Waals surface area contributed by atoms with Crippen molar-refractivity contribution < 1.29 is 31.1 Å². The van der Waals surface area contributed by atoms with Crippen molar-refractivity contribution in [3.63, 3.8) is 0 Å². The third-order valence-electron chi connectivity index (χ3n) is 4.67. The Hall–Kier alpha value is -3.86. The van der Waals surface area contributed by atoms with Crippen LogP contribution in [0.15, 0.2) is 88.9 Å². The van der Waals surface area contributed by atoms with E-state index < -0.39 is 34.2 Å². The SMILES string of the molecule is CCOc1ccc(/C=N\NC(=O)CN(c2cccc(C(F)(F)F)c2)S(=O)(=O)c2ccccc2)cc1. The molecule has 1 N–H and O–H groups in total. The molecule has 0 heterocycles. The Kier molecular flexibility index (Phi) is 8.13. The maximum Gasteiger partial charge on any atom is 0.416 e. The molecule has 0 saturated carbocycles. The summed E-state index contributed by atoms with van der Waals surface area (Å²) in [7, 11) is -4.36. The summed E-state index contributed by atoms with van der Waals surface area (Å²) < 4.78 is 72.1. The molecule has 0 atom stereocenters. The highest BCUT2D eigenvalue weighted by atomic mass is 32.2. The van der Waals surface area contributed by atoms with Gasteiger partial charge in [-0.15, -0.1) is 0 Å². The highest BCUT2D eigenvalue weighted by Crippen LogP contribution is 2.33. The predicted octanol–water partition coefficient (Wildman–Crippen LogP) is 4.45. The van der Waals surface area contributed by atoms with E-state index in [-0.39, 0.29) is 10.6 Å². The molecule has 0 bridgehead atoms. The fraction of sp³-hybridized carbons (Fsp3) is 0.167. The molecule has 0 fully saturated rings. The summed E-state index contributed by atoms with van der Waals surface area (Å²) in [6.45, 7) is 1.57. The number of rotatable bonds is 9. The summed E-state index contributed by atoms with van der Waals surface area (Å²) in [4.78, 5) is 12.4. The summed E-state index contributed by atoms with van der Waals surface area (Å²) in [6.07, 6.45) is -3.35. The first-order valence-electron chi connectivity index (χ1n) is 10.4. The van der Waals surface area contributed by atoms with Crippen molar-refractivity contribution in [1.29, 1.82) is 0 Å². The monoisotopic (exact) mass is 505 g/mol. The molecule has 0 unspecified atom stereocenters. The number of anilines is 1. The molecule has 0 aliphatic rings. The average Bonchev–Trinajstić information content (AvgIpc) is 2.84. The van der Waals surface area contributed by atoms with Crippen molar-refractivity contribution in [1.82, 2.24) is 5.43 Å². The van der Waals surface area contributed by atoms with Crippen molar-refractivity contribution in [3.8, 4) is 5.75 Å². The summed E-state index contributed by atoms with van der Waals surface area (Å²) >= 11 is 0. The quantitative estimate of drug-likeness (QED) is 0.344. The largest absolute Gasteiger partial charge is 0.494 e. The van der Waals surface area contributed by atoms with Crippen molar-refractivity contribution in [2.24, 2.45) is 5.10 Å². The van der Waals surface area contributed by atoms with E-state index in [0.717, 1.165) is 12.1 Å². The molecule has 0 aromatic heterocycles. The minimum Gasteiger partial charge on any atom is -0.494 e. The van der Waals surface area contributed by atoms with Crippen LogP contribution in [0.1, 0.15) is 18.1 Å². The van der Waals surface area contributed by atoms with Crippen molar-refractivity contribution >= 4 is 27.8 Å². The predicted molar refractivity (Wildman–Crippen MR) is 126 cm³/mol. The van der Waals surface area contributed by atoms with Crippen molar-refractivity contribution in [2.45, 2.75) is 18.0 Å². The van der Waals surface area contributed by atoms with E-state index in [2.05, 4.69) is 10.5 Å². The number of benzene rings is 3. The van der Waals surface area contributed by atoms with Gasteiger partial charge in [0.25, 0.3) is 15.9 Å². The number of carbonyl (C=O) groups excluding carboxylic acids is 1. The summed E-state index contributed by atoms with van der Waals surface area (Å²) in [6, 6.07) is 17.7. The number of sulfonamides is 1. The lowest BCUT2D eigenvalue weighted by molar-refractivity contribution is -0.137. The van der Waals surface area contributed by atoms with Crippen LogP contribution < -0.4 is 14.5 Å². The number of ether oxygens (including phenoxy) is 1. The number of halogens is 3. The van der Waals surface area contributed by atoms with Gasteiger partial charge in [-0.3, -0.25) is 9.10 Å². The second-order valence-electron chi connectivity index (χ2n) is 7.17. The Bertz CT molecular complexity index is 1280. The van der Waals surface area contributed by atoms with Crippen LogP contribution in [0.4, 0.5) is 18.9 Å². The van der Waals surface area contributed by atoms with E-state index in [1.54, 1.807) is 30.3 Å². The Morgan fingerprint density at radius 1 is 1.03 bits per heavy atom. The topological polar surface area (TPSA) is 88.1 Å². The number of nitrogens with one attached hydrogen (secondary N) is 1. The lowest BCUT2D eigenvalue weighted by atomic mass is 10.2. The van der Waals surface area contributed by atoms with Crippen LogP contribution in [0.25, 0.3) is 0 Å². The Labute approximate surface area is 200 Å². The molecule has 3 aromatic carbocycles. The van der Waals surface area contributed by atoms with E-state index in [4.69, 9.17) is 4.74 Å². The molecule has 3 aromatic rings. The molecule has 0 radical (unpaired) electrons. The number of hydrogen-bond donors (Lipinski definition) is 1. The molecular formula is C24H22F3N3O4S. The van der Waals surface area contributed by atoms with Gasteiger partial charge in [0.2, 0.25) is 0 Å². The smallest absolute Gasteiger partial charge is 0.416 e. The Balaban J connectivity index is 1.84. The van der Waals surface area contributed by atoms with Crippen LogP contribution in [0.2, 0.25) is 0 Å². The molecular weight excluding hydrogens is 483 g/mol. The second-order valence-corrected chi connectivity index (χ2v) is 9.03. The second kappa shape index (κ2) is 11.0. The van der Waals surface area contributed by atoms with Gasteiger partial charge in [0.1, 0.15) is 12.3 Å². The fourth-order valence-corrected chi connectivity index (χ4v) is 4.47. The summed E-state index contributed by atoms with van der Waals surface area (Å²) in [5.41, 5.74) is 1.49. The van der Waals surface area contributed by atoms with Crippen LogP contribution in [-0.4, -0.2) is 33.7 Å². The fourth-order valence-electron chi connectivity index (χ4n) is 3.03. The van der Waals surface area contributed by atoms with Gasteiger partial charge in [-0.05, 0) is 67.1 Å². The molecule has 7 nitrogen and oxygen atoms in total. The number of amides is 1. The molecule has 11 heteroatoms. The number of carbonyl (C=O) groups is 1. The molecule has 0 aliphatic carbocycles. The average molecular weight is 506 g/mol.